The lowest BCUT2D eigenvalue weighted by molar-refractivity contribution is -0.643. The van der Waals surface area contributed by atoms with E-state index in [1.807, 2.05) is 4.74 Å². The lowest BCUT2D eigenvalue weighted by atomic mass is 9.36. The molecule has 0 aliphatic heterocycles. The van der Waals surface area contributed by atoms with E-state index in [-0.39, 0.29) is 0 Å². The van der Waals surface area contributed by atoms with Gasteiger partial charge in [0.1, 0.15) is 0 Å². The van der Waals surface area contributed by atoms with Crippen molar-refractivity contribution in [2.24, 2.45) is 5.41 Å². The summed E-state index contributed by atoms with van der Waals surface area (Å²) in [5.74, 6) is -50.6. The van der Waals surface area contributed by atoms with Crippen LogP contribution in [-0.2, 0) is 4.74 Å². The quantitative estimate of drug-likeness (QED) is 0.265. The third kappa shape index (κ3) is 1.77. The topological polar surface area (TPSA) is 9.23 Å². The molecule has 4 saturated carbocycles. The highest BCUT2D eigenvalue weighted by Crippen LogP contribution is 2.92. The first-order chi connectivity index (χ1) is 14.0. The van der Waals surface area contributed by atoms with E-state index in [0.29, 0.717) is 15.9 Å². The highest BCUT2D eigenvalue weighted by atomic mass is 79.9. The smallest absolute Gasteiger partial charge is 0.245 e. The fraction of sp³-hybridized carbons (Fsp3) is 1.00. The number of hydrogen-bond acceptors (Lipinski definition) is 1. The van der Waals surface area contributed by atoms with Gasteiger partial charge in [0.15, 0.2) is 0 Å². The second-order valence-corrected chi connectivity index (χ2v) is 8.16. The van der Waals surface area contributed by atoms with Crippen molar-refractivity contribution in [2.75, 3.05) is 0 Å². The van der Waals surface area contributed by atoms with Crippen molar-refractivity contribution in [3.8, 4) is 0 Å². The van der Waals surface area contributed by atoms with Gasteiger partial charge in [0.05, 0.1) is 0 Å². The molecule has 4 bridgehead atoms. The van der Waals surface area contributed by atoms with Crippen LogP contribution < -0.4 is 0 Å². The van der Waals surface area contributed by atoms with Gasteiger partial charge in [-0.25, -0.2) is 44.3 Å². The van der Waals surface area contributed by atoms with Crippen molar-refractivity contribution < 1.29 is 88.2 Å². The van der Waals surface area contributed by atoms with Crippen molar-refractivity contribution in [1.82, 2.24) is 0 Å². The zero-order valence-electron chi connectivity index (χ0n) is 14.0. The predicted octanol–water partition coefficient (Wildman–Crippen LogP) is 6.50. The van der Waals surface area contributed by atoms with Gasteiger partial charge in [0.2, 0.25) is 0 Å². The lowest BCUT2D eigenvalue weighted by Crippen LogP contribution is -3.09. The molecular weight excluding hydrogens is 601 g/mol. The minimum Gasteiger partial charge on any atom is -0.245 e. The molecule has 0 spiro atoms. The fourth-order valence-corrected chi connectivity index (χ4v) is 4.83. The van der Waals surface area contributed by atoms with Crippen molar-refractivity contribution >= 4 is 15.9 Å². The molecule has 4 aliphatic carbocycles. The van der Waals surface area contributed by atoms with Crippen molar-refractivity contribution in [3.05, 3.63) is 0 Å². The number of rotatable bonds is 3. The molecule has 4 fully saturated rings. The first-order valence-corrected chi connectivity index (χ1v) is 8.23. The first-order valence-electron chi connectivity index (χ1n) is 7.44. The van der Waals surface area contributed by atoms with Crippen LogP contribution in [0.4, 0.5) is 83.4 Å². The van der Waals surface area contributed by atoms with Crippen molar-refractivity contribution in [3.63, 3.8) is 0 Å². The molecule has 0 unspecified atom stereocenters. The Balaban J connectivity index is 2.74. The summed E-state index contributed by atoms with van der Waals surface area (Å²) < 4.78 is 271. The van der Waals surface area contributed by atoms with Gasteiger partial charge >= 0.3 is 63.7 Å². The second-order valence-electron chi connectivity index (χ2n) is 7.24. The minimum atomic E-state index is -8.57. The van der Waals surface area contributed by atoms with Crippen LogP contribution in [0.15, 0.2) is 0 Å². The minimum absolute atomic E-state index is 0.618. The largest absolute Gasteiger partial charge is 0.419 e. The number of alkyl halides is 20. The van der Waals surface area contributed by atoms with Crippen molar-refractivity contribution in [2.45, 2.75) is 63.7 Å². The Morgan fingerprint density at radius 1 is 0.424 bits per heavy atom. The molecule has 0 N–H and O–H groups in total. The van der Waals surface area contributed by atoms with E-state index in [2.05, 4.69) is 0 Å². The van der Waals surface area contributed by atoms with Crippen LogP contribution in [-0.4, -0.2) is 63.7 Å². The molecule has 0 heterocycles. The molecule has 1 nitrogen and oxygen atoms in total. The fourth-order valence-electron chi connectivity index (χ4n) is 4.62. The number of hydrogen-bond donors (Lipinski definition) is 0. The van der Waals surface area contributed by atoms with E-state index in [1.54, 1.807) is 0 Å². The average Bonchev–Trinajstić information content (AvgIpc) is 2.52. The van der Waals surface area contributed by atoms with Gasteiger partial charge < -0.3 is 0 Å². The van der Waals surface area contributed by atoms with Gasteiger partial charge in [-0.1, -0.05) is 0 Å². The van der Waals surface area contributed by atoms with Gasteiger partial charge in [-0.2, -0.15) is 43.9 Å². The van der Waals surface area contributed by atoms with Crippen LogP contribution in [0.1, 0.15) is 0 Å². The number of ether oxygens (including phenoxy) is 1. The first kappa shape index (κ1) is 26.7. The van der Waals surface area contributed by atoms with Gasteiger partial charge in [0, 0.05) is 15.9 Å². The van der Waals surface area contributed by atoms with Crippen LogP contribution in [0.2, 0.25) is 0 Å². The monoisotopic (exact) mass is 600 g/mol. The Kier molecular flexibility index (Phi) is 4.39. The zero-order chi connectivity index (χ0) is 26.7. The van der Waals surface area contributed by atoms with E-state index in [9.17, 15) is 83.4 Å². The summed E-state index contributed by atoms with van der Waals surface area (Å²) in [5.41, 5.74) is -33.5. The summed E-state index contributed by atoms with van der Waals surface area (Å²) in [6, 6.07) is 0. The average molecular weight is 601 g/mol. The molecule has 0 atom stereocenters. The van der Waals surface area contributed by atoms with Crippen LogP contribution in [0.3, 0.4) is 0 Å². The third-order valence-electron chi connectivity index (χ3n) is 5.99. The highest BCUT2D eigenvalue weighted by Gasteiger charge is 3.25. The maximum absolute atomic E-state index is 14.6. The van der Waals surface area contributed by atoms with E-state index >= 15 is 0 Å². The van der Waals surface area contributed by atoms with Gasteiger partial charge in [-0.15, -0.1) is 0 Å². The predicted molar refractivity (Wildman–Crippen MR) is 63.5 cm³/mol. The Hall–Kier alpha value is -0.890. The Bertz CT molecular complexity index is 790. The van der Waals surface area contributed by atoms with E-state index in [1.165, 1.54) is 0 Å². The molecule has 0 radical (unpaired) electrons. The van der Waals surface area contributed by atoms with Gasteiger partial charge in [-0.05, 0) is 0 Å². The maximum Gasteiger partial charge on any atom is 0.419 e. The summed E-state index contributed by atoms with van der Waals surface area (Å²) in [6.07, 6.45) is -8.09. The molecule has 4 rings (SSSR count). The normalized spacial score (nSPS) is 45.8. The summed E-state index contributed by atoms with van der Waals surface area (Å²) in [6.45, 7) is 0. The maximum atomic E-state index is 14.6. The standard InChI is InChI=1S/C12BrF19O/c13-12(31,32)33-11(29,30)1-5(17,18)2(14)8(23,24)3(15,6(1,19)20)10(27,28)4(16,7(1,21)22)9(2,25)26. The molecule has 0 aromatic rings. The van der Waals surface area contributed by atoms with E-state index in [4.69, 9.17) is 0 Å². The van der Waals surface area contributed by atoms with Crippen LogP contribution in [0.5, 0.6) is 0 Å². The molecule has 0 amide bonds. The van der Waals surface area contributed by atoms with Crippen LogP contribution in [0, 0.1) is 5.41 Å². The molecule has 4 aliphatic rings. The Morgan fingerprint density at radius 2 is 0.636 bits per heavy atom. The molecule has 194 valence electrons. The SMILES string of the molecule is FC(F)(Br)OC(F)(F)C12C(F)(F)C3(F)C(F)(F)C(F)(C(F)(F)C(F)(C3(F)F)C1(F)F)C2(F)F. The zero-order valence-corrected chi connectivity index (χ0v) is 15.6. The van der Waals surface area contributed by atoms with Crippen LogP contribution in [0.25, 0.3) is 0 Å². The third-order valence-corrected chi connectivity index (χ3v) is 6.15. The van der Waals surface area contributed by atoms with Crippen LogP contribution >= 0.6 is 15.9 Å². The summed E-state index contributed by atoms with van der Waals surface area (Å²) >= 11 is 0.618. The van der Waals surface area contributed by atoms with E-state index in [0.717, 1.165) is 0 Å². The Morgan fingerprint density at radius 3 is 0.818 bits per heavy atom. The Labute approximate surface area is 174 Å². The van der Waals surface area contributed by atoms with Gasteiger partial charge in [-0.3, -0.25) is 0 Å². The summed E-state index contributed by atoms with van der Waals surface area (Å²) in [5, 5.41) is -6.08. The summed E-state index contributed by atoms with van der Waals surface area (Å²) in [4.78, 5) is 0. The molecule has 33 heavy (non-hydrogen) atoms. The highest BCUT2D eigenvalue weighted by molar-refractivity contribution is 9.09. The second kappa shape index (κ2) is 5.42. The number of halogens is 20. The summed E-state index contributed by atoms with van der Waals surface area (Å²) in [7, 11) is 0. The molecule has 0 saturated heterocycles. The molecule has 21 heteroatoms. The van der Waals surface area contributed by atoms with Gasteiger partial charge in [0.25, 0.3) is 5.41 Å². The molecular formula is C12BrF19O. The van der Waals surface area contributed by atoms with E-state index < -0.39 is 69.1 Å². The molecule has 0 aromatic carbocycles. The van der Waals surface area contributed by atoms with Crippen molar-refractivity contribution in [1.29, 1.82) is 0 Å². The lowest BCUT2D eigenvalue weighted by Gasteiger charge is -2.75. The molecule has 0 aromatic heterocycles.